The Labute approximate surface area is 92.5 Å². The average Bonchev–Trinajstić information content (AvgIpc) is 3.00. The van der Waals surface area contributed by atoms with Crippen LogP contribution in [0.3, 0.4) is 0 Å². The van der Waals surface area contributed by atoms with E-state index in [-0.39, 0.29) is 6.10 Å². The van der Waals surface area contributed by atoms with Crippen molar-refractivity contribution < 1.29 is 5.11 Å². The normalized spacial score (nSPS) is 18.1. The van der Waals surface area contributed by atoms with Gasteiger partial charge in [-0.1, -0.05) is 0 Å². The maximum Gasteiger partial charge on any atom is 0.0572 e. The summed E-state index contributed by atoms with van der Waals surface area (Å²) in [5, 5.41) is 9.67. The molecule has 0 amide bonds. The third kappa shape index (κ3) is 2.79. The molecule has 1 aliphatic carbocycles. The van der Waals surface area contributed by atoms with Crippen molar-refractivity contribution in [1.29, 1.82) is 0 Å². The minimum atomic E-state index is -0.111. The summed E-state index contributed by atoms with van der Waals surface area (Å²) in [4.78, 5) is 4.27. The number of aryl methyl sites for hydroxylation is 1. The smallest absolute Gasteiger partial charge is 0.0572 e. The molecule has 2 nitrogen and oxygen atoms in total. The average molecular weight is 256 g/mol. The molecule has 0 radical (unpaired) electrons. The molecule has 0 saturated heterocycles. The highest BCUT2D eigenvalue weighted by molar-refractivity contribution is 9.10. The van der Waals surface area contributed by atoms with E-state index < -0.39 is 0 Å². The molecule has 76 valence electrons. The van der Waals surface area contributed by atoms with Gasteiger partial charge in [-0.15, -0.1) is 0 Å². The Morgan fingerprint density at radius 1 is 1.50 bits per heavy atom. The molecule has 1 heterocycles. The van der Waals surface area contributed by atoms with E-state index in [1.54, 1.807) is 6.20 Å². The Morgan fingerprint density at radius 2 is 2.29 bits per heavy atom. The maximum absolute atomic E-state index is 9.67. The van der Waals surface area contributed by atoms with E-state index in [0.29, 0.717) is 5.92 Å². The molecule has 1 aliphatic rings. The van der Waals surface area contributed by atoms with Crippen LogP contribution in [0.4, 0.5) is 0 Å². The summed E-state index contributed by atoms with van der Waals surface area (Å²) < 4.78 is 1.00. The van der Waals surface area contributed by atoms with E-state index >= 15 is 0 Å². The quantitative estimate of drug-likeness (QED) is 0.898. The lowest BCUT2D eigenvalue weighted by molar-refractivity contribution is 0.141. The summed E-state index contributed by atoms with van der Waals surface area (Å²) in [5.74, 6) is 0.574. The fourth-order valence-electron chi connectivity index (χ4n) is 1.57. The molecule has 2 rings (SSSR count). The second-order valence-corrected chi connectivity index (χ2v) is 4.83. The summed E-state index contributed by atoms with van der Waals surface area (Å²) in [6.45, 7) is 0. The Kier molecular flexibility index (Phi) is 3.19. The molecule has 0 bridgehead atoms. The number of aliphatic hydroxyl groups is 1. The van der Waals surface area contributed by atoms with Crippen LogP contribution in [0, 0.1) is 5.92 Å². The molecule has 0 spiro atoms. The second-order valence-electron chi connectivity index (χ2n) is 3.91. The zero-order valence-electron chi connectivity index (χ0n) is 7.99. The standard InChI is InChI=1S/C11H14BrNO/c12-9-3-4-10(13-7-9)5-6-11(14)8-1-2-8/h3-4,7-8,11,14H,1-2,5-6H2. The van der Waals surface area contributed by atoms with Crippen LogP contribution in [0.15, 0.2) is 22.8 Å². The van der Waals surface area contributed by atoms with Crippen molar-refractivity contribution in [2.24, 2.45) is 5.92 Å². The number of aliphatic hydroxyl groups excluding tert-OH is 1. The Balaban J connectivity index is 1.82. The van der Waals surface area contributed by atoms with Crippen LogP contribution in [0.5, 0.6) is 0 Å². The van der Waals surface area contributed by atoms with Gasteiger partial charge in [-0.05, 0) is 59.7 Å². The zero-order chi connectivity index (χ0) is 9.97. The van der Waals surface area contributed by atoms with Crippen LogP contribution in [-0.2, 0) is 6.42 Å². The van der Waals surface area contributed by atoms with Crippen LogP contribution in [0.25, 0.3) is 0 Å². The summed E-state index contributed by atoms with van der Waals surface area (Å²) in [5.41, 5.74) is 1.06. The van der Waals surface area contributed by atoms with Crippen LogP contribution < -0.4 is 0 Å². The van der Waals surface area contributed by atoms with Crippen molar-refractivity contribution in [1.82, 2.24) is 4.98 Å². The molecule has 3 heteroatoms. The highest BCUT2D eigenvalue weighted by Gasteiger charge is 2.29. The molecule has 1 unspecified atom stereocenters. The monoisotopic (exact) mass is 255 g/mol. The molecule has 14 heavy (non-hydrogen) atoms. The predicted octanol–water partition coefficient (Wildman–Crippen LogP) is 2.55. The third-order valence-corrected chi connectivity index (χ3v) is 3.12. The maximum atomic E-state index is 9.67. The van der Waals surface area contributed by atoms with Crippen LogP contribution in [-0.4, -0.2) is 16.2 Å². The first-order valence-electron chi connectivity index (χ1n) is 5.04. The Bertz CT molecular complexity index is 295. The van der Waals surface area contributed by atoms with Crippen molar-refractivity contribution in [3.05, 3.63) is 28.5 Å². The molecule has 1 aromatic heterocycles. The number of hydrogen-bond donors (Lipinski definition) is 1. The van der Waals surface area contributed by atoms with Gasteiger partial charge < -0.3 is 5.11 Å². The lowest BCUT2D eigenvalue weighted by atomic mass is 10.1. The van der Waals surface area contributed by atoms with Gasteiger partial charge in [0.2, 0.25) is 0 Å². The SMILES string of the molecule is OC(CCc1ccc(Br)cn1)C1CC1. The predicted molar refractivity (Wildman–Crippen MR) is 59.0 cm³/mol. The number of rotatable bonds is 4. The lowest BCUT2D eigenvalue weighted by Crippen LogP contribution is -2.10. The van der Waals surface area contributed by atoms with E-state index in [9.17, 15) is 5.11 Å². The first-order chi connectivity index (χ1) is 6.75. The molecule has 1 atom stereocenters. The minimum absolute atomic E-state index is 0.111. The summed E-state index contributed by atoms with van der Waals surface area (Å²) in [7, 11) is 0. The number of halogens is 1. The van der Waals surface area contributed by atoms with Crippen molar-refractivity contribution in [2.45, 2.75) is 31.8 Å². The fourth-order valence-corrected chi connectivity index (χ4v) is 1.80. The first kappa shape index (κ1) is 10.1. The molecule has 0 aliphatic heterocycles. The van der Waals surface area contributed by atoms with Gasteiger partial charge in [0.1, 0.15) is 0 Å². The van der Waals surface area contributed by atoms with Gasteiger partial charge in [0, 0.05) is 16.4 Å². The molecule has 1 N–H and O–H groups in total. The van der Waals surface area contributed by atoms with E-state index in [0.717, 1.165) is 23.0 Å². The molecule has 0 aromatic carbocycles. The Morgan fingerprint density at radius 3 is 2.86 bits per heavy atom. The van der Waals surface area contributed by atoms with E-state index in [1.165, 1.54) is 12.8 Å². The third-order valence-electron chi connectivity index (χ3n) is 2.65. The first-order valence-corrected chi connectivity index (χ1v) is 5.83. The number of pyridine rings is 1. The van der Waals surface area contributed by atoms with Crippen molar-refractivity contribution in [3.8, 4) is 0 Å². The second kappa shape index (κ2) is 4.41. The van der Waals surface area contributed by atoms with Crippen molar-refractivity contribution in [2.75, 3.05) is 0 Å². The minimum Gasteiger partial charge on any atom is -0.393 e. The van der Waals surface area contributed by atoms with Gasteiger partial charge in [-0.25, -0.2) is 0 Å². The van der Waals surface area contributed by atoms with E-state index in [1.807, 2.05) is 12.1 Å². The largest absolute Gasteiger partial charge is 0.393 e. The van der Waals surface area contributed by atoms with Gasteiger partial charge >= 0.3 is 0 Å². The molecule has 1 fully saturated rings. The van der Waals surface area contributed by atoms with E-state index in [2.05, 4.69) is 20.9 Å². The van der Waals surface area contributed by atoms with Gasteiger partial charge in [-0.3, -0.25) is 4.98 Å². The van der Waals surface area contributed by atoms with Crippen LogP contribution >= 0.6 is 15.9 Å². The number of nitrogens with zero attached hydrogens (tertiary/aromatic N) is 1. The van der Waals surface area contributed by atoms with E-state index in [4.69, 9.17) is 0 Å². The molecule has 1 saturated carbocycles. The lowest BCUT2D eigenvalue weighted by Gasteiger charge is -2.07. The Hall–Kier alpha value is -0.410. The zero-order valence-corrected chi connectivity index (χ0v) is 9.57. The summed E-state index contributed by atoms with van der Waals surface area (Å²) in [6, 6.07) is 4.00. The fraction of sp³-hybridized carbons (Fsp3) is 0.545. The molecular weight excluding hydrogens is 242 g/mol. The van der Waals surface area contributed by atoms with Crippen LogP contribution in [0.1, 0.15) is 25.0 Å². The van der Waals surface area contributed by atoms with Gasteiger partial charge in [0.15, 0.2) is 0 Å². The molecular formula is C11H14BrNO. The van der Waals surface area contributed by atoms with Gasteiger partial charge in [0.25, 0.3) is 0 Å². The summed E-state index contributed by atoms with van der Waals surface area (Å²) in [6.07, 6.45) is 5.83. The van der Waals surface area contributed by atoms with Crippen molar-refractivity contribution >= 4 is 15.9 Å². The van der Waals surface area contributed by atoms with Crippen molar-refractivity contribution in [3.63, 3.8) is 0 Å². The number of hydrogen-bond acceptors (Lipinski definition) is 2. The van der Waals surface area contributed by atoms with Gasteiger partial charge in [0.05, 0.1) is 6.10 Å². The highest BCUT2D eigenvalue weighted by atomic mass is 79.9. The topological polar surface area (TPSA) is 33.1 Å². The molecule has 1 aromatic rings. The number of aromatic nitrogens is 1. The highest BCUT2D eigenvalue weighted by Crippen LogP contribution is 2.34. The van der Waals surface area contributed by atoms with Crippen LogP contribution in [0.2, 0.25) is 0 Å². The summed E-state index contributed by atoms with van der Waals surface area (Å²) >= 11 is 3.35. The van der Waals surface area contributed by atoms with Gasteiger partial charge in [-0.2, -0.15) is 0 Å².